The summed E-state index contributed by atoms with van der Waals surface area (Å²) < 4.78 is 23.0. The van der Waals surface area contributed by atoms with Crippen molar-refractivity contribution in [3.05, 3.63) is 10.8 Å². The molecule has 17 heavy (non-hydrogen) atoms. The van der Waals surface area contributed by atoms with Gasteiger partial charge in [0.2, 0.25) is 0 Å². The lowest BCUT2D eigenvalue weighted by Gasteiger charge is -2.15. The second kappa shape index (κ2) is 5.63. The number of anilines is 2. The van der Waals surface area contributed by atoms with E-state index in [1.54, 1.807) is 14.0 Å². The molecule has 0 spiro atoms. The van der Waals surface area contributed by atoms with Gasteiger partial charge in [0.05, 0.1) is 5.75 Å². The fraction of sp³-hybridized carbons (Fsp3) is 0.556. The molecule has 0 aliphatic rings. The molecule has 6 nitrogen and oxygen atoms in total. The lowest BCUT2D eigenvalue weighted by atomic mass is 10.4. The highest BCUT2D eigenvalue weighted by Gasteiger charge is 2.14. The molecular weight excluding hydrogens is 308 g/mol. The third-order valence-corrected chi connectivity index (χ3v) is 3.82. The third-order valence-electron chi connectivity index (χ3n) is 1.96. The summed E-state index contributed by atoms with van der Waals surface area (Å²) in [6, 6.07) is -0.221. The quantitative estimate of drug-likeness (QED) is 0.845. The van der Waals surface area contributed by atoms with Gasteiger partial charge in [-0.3, -0.25) is 0 Å². The maximum Gasteiger partial charge on any atom is 0.149 e. The lowest BCUT2D eigenvalue weighted by Crippen LogP contribution is -2.25. The Morgan fingerprint density at radius 2 is 2.00 bits per heavy atom. The summed E-state index contributed by atoms with van der Waals surface area (Å²) in [5, 5.41) is 5.93. The second-order valence-electron chi connectivity index (χ2n) is 3.77. The Balaban J connectivity index is 2.82. The smallest absolute Gasteiger partial charge is 0.149 e. The average molecular weight is 323 g/mol. The zero-order chi connectivity index (χ0) is 13.1. The van der Waals surface area contributed by atoms with Gasteiger partial charge in [0.25, 0.3) is 0 Å². The van der Waals surface area contributed by atoms with Gasteiger partial charge in [-0.15, -0.1) is 0 Å². The molecule has 0 saturated heterocycles. The first-order valence-electron chi connectivity index (χ1n) is 4.96. The summed E-state index contributed by atoms with van der Waals surface area (Å²) in [5.41, 5.74) is 0. The molecule has 1 unspecified atom stereocenters. The van der Waals surface area contributed by atoms with Crippen LogP contribution >= 0.6 is 15.9 Å². The van der Waals surface area contributed by atoms with Crippen LogP contribution in [0.2, 0.25) is 0 Å². The Labute approximate surface area is 109 Å². The van der Waals surface area contributed by atoms with Crippen molar-refractivity contribution in [3.8, 4) is 0 Å². The lowest BCUT2D eigenvalue weighted by molar-refractivity contribution is 0.598. The normalized spacial score (nSPS) is 13.2. The van der Waals surface area contributed by atoms with E-state index in [9.17, 15) is 8.42 Å². The molecular formula is C9H15BrN4O2S. The van der Waals surface area contributed by atoms with Crippen LogP contribution in [0.3, 0.4) is 0 Å². The summed E-state index contributed by atoms with van der Waals surface area (Å²) in [5.74, 6) is 1.27. The molecule has 0 fully saturated rings. The van der Waals surface area contributed by atoms with Crippen molar-refractivity contribution >= 4 is 37.4 Å². The predicted octanol–water partition coefficient (Wildman–Crippen LogP) is 1.13. The number of hydrogen-bond acceptors (Lipinski definition) is 6. The Morgan fingerprint density at radius 1 is 1.41 bits per heavy atom. The minimum atomic E-state index is -3.01. The van der Waals surface area contributed by atoms with E-state index < -0.39 is 9.84 Å². The van der Waals surface area contributed by atoms with Crippen LogP contribution in [0.5, 0.6) is 0 Å². The fourth-order valence-corrected chi connectivity index (χ4v) is 2.88. The molecule has 1 aromatic rings. The molecule has 0 saturated carbocycles. The van der Waals surface area contributed by atoms with E-state index in [0.29, 0.717) is 16.1 Å². The molecule has 0 amide bonds. The molecule has 0 aromatic carbocycles. The van der Waals surface area contributed by atoms with E-state index in [1.807, 2.05) is 0 Å². The standard InChI is InChI=1S/C9H15BrN4O2S/c1-6(4-17(3,15)16)14-9-7(10)8(11-2)12-5-13-9/h5-6H,4H2,1-3H3,(H2,11,12,13,14). The molecule has 1 heterocycles. The van der Waals surface area contributed by atoms with E-state index >= 15 is 0 Å². The molecule has 1 rings (SSSR count). The second-order valence-corrected chi connectivity index (χ2v) is 6.75. The molecule has 8 heteroatoms. The number of nitrogens with zero attached hydrogens (tertiary/aromatic N) is 2. The zero-order valence-electron chi connectivity index (χ0n) is 9.86. The molecule has 0 radical (unpaired) electrons. The van der Waals surface area contributed by atoms with Crippen molar-refractivity contribution in [1.29, 1.82) is 0 Å². The molecule has 1 atom stereocenters. The van der Waals surface area contributed by atoms with Crippen molar-refractivity contribution in [2.24, 2.45) is 0 Å². The Hall–Kier alpha value is -0.890. The van der Waals surface area contributed by atoms with Crippen LogP contribution in [-0.4, -0.2) is 43.5 Å². The van der Waals surface area contributed by atoms with E-state index in [-0.39, 0.29) is 11.8 Å². The van der Waals surface area contributed by atoms with Crippen LogP contribution in [0.15, 0.2) is 10.8 Å². The summed E-state index contributed by atoms with van der Waals surface area (Å²) in [6.45, 7) is 1.79. The monoisotopic (exact) mass is 322 g/mol. The van der Waals surface area contributed by atoms with Crippen molar-refractivity contribution < 1.29 is 8.42 Å². The van der Waals surface area contributed by atoms with Crippen molar-refractivity contribution in [2.75, 3.05) is 29.7 Å². The number of halogens is 1. The van der Waals surface area contributed by atoms with Gasteiger partial charge in [-0.2, -0.15) is 0 Å². The van der Waals surface area contributed by atoms with Gasteiger partial charge in [0.15, 0.2) is 0 Å². The van der Waals surface area contributed by atoms with E-state index in [0.717, 1.165) is 0 Å². The average Bonchev–Trinajstić information content (AvgIpc) is 2.18. The minimum Gasteiger partial charge on any atom is -0.372 e. The largest absolute Gasteiger partial charge is 0.372 e. The Kier molecular flexibility index (Phi) is 4.70. The number of rotatable bonds is 5. The molecule has 2 N–H and O–H groups in total. The Bertz CT molecular complexity index is 492. The predicted molar refractivity (Wildman–Crippen MR) is 72.1 cm³/mol. The summed E-state index contributed by atoms with van der Waals surface area (Å²) >= 11 is 3.35. The van der Waals surface area contributed by atoms with Gasteiger partial charge in [0, 0.05) is 19.3 Å². The van der Waals surface area contributed by atoms with Crippen LogP contribution in [0.4, 0.5) is 11.6 Å². The first kappa shape index (κ1) is 14.2. The van der Waals surface area contributed by atoms with Crippen molar-refractivity contribution in [1.82, 2.24) is 9.97 Å². The number of aromatic nitrogens is 2. The summed E-state index contributed by atoms with van der Waals surface area (Å²) in [7, 11) is -1.26. The molecule has 0 aliphatic heterocycles. The van der Waals surface area contributed by atoms with Gasteiger partial charge in [-0.05, 0) is 22.9 Å². The topological polar surface area (TPSA) is 84.0 Å². The molecule has 1 aromatic heterocycles. The van der Waals surface area contributed by atoms with Crippen LogP contribution in [0.1, 0.15) is 6.92 Å². The van der Waals surface area contributed by atoms with Gasteiger partial charge in [-0.25, -0.2) is 18.4 Å². The maximum atomic E-state index is 11.1. The van der Waals surface area contributed by atoms with E-state index in [1.165, 1.54) is 12.6 Å². The van der Waals surface area contributed by atoms with E-state index in [2.05, 4.69) is 36.5 Å². The maximum absolute atomic E-state index is 11.1. The first-order valence-corrected chi connectivity index (χ1v) is 7.81. The highest BCUT2D eigenvalue weighted by atomic mass is 79.9. The third kappa shape index (κ3) is 4.47. The SMILES string of the molecule is CNc1ncnc(NC(C)CS(C)(=O)=O)c1Br. The minimum absolute atomic E-state index is 0.0539. The molecule has 0 bridgehead atoms. The van der Waals surface area contributed by atoms with Crippen LogP contribution in [0.25, 0.3) is 0 Å². The highest BCUT2D eigenvalue weighted by molar-refractivity contribution is 9.10. The highest BCUT2D eigenvalue weighted by Crippen LogP contribution is 2.26. The van der Waals surface area contributed by atoms with Crippen LogP contribution in [-0.2, 0) is 9.84 Å². The summed E-state index contributed by atoms with van der Waals surface area (Å²) in [4.78, 5) is 8.06. The van der Waals surface area contributed by atoms with Crippen LogP contribution < -0.4 is 10.6 Å². The van der Waals surface area contributed by atoms with Crippen molar-refractivity contribution in [3.63, 3.8) is 0 Å². The van der Waals surface area contributed by atoms with Crippen molar-refractivity contribution in [2.45, 2.75) is 13.0 Å². The number of hydrogen-bond donors (Lipinski definition) is 2. The zero-order valence-corrected chi connectivity index (χ0v) is 12.3. The van der Waals surface area contributed by atoms with Gasteiger partial charge in [0.1, 0.15) is 32.3 Å². The first-order chi connectivity index (χ1) is 7.83. The van der Waals surface area contributed by atoms with Gasteiger partial charge in [-0.1, -0.05) is 0 Å². The fourth-order valence-electron chi connectivity index (χ4n) is 1.37. The summed E-state index contributed by atoms with van der Waals surface area (Å²) in [6.07, 6.45) is 2.62. The van der Waals surface area contributed by atoms with Gasteiger partial charge < -0.3 is 10.6 Å². The van der Waals surface area contributed by atoms with Crippen LogP contribution in [0, 0.1) is 0 Å². The number of sulfone groups is 1. The molecule has 0 aliphatic carbocycles. The van der Waals surface area contributed by atoms with E-state index in [4.69, 9.17) is 0 Å². The van der Waals surface area contributed by atoms with Gasteiger partial charge >= 0.3 is 0 Å². The Morgan fingerprint density at radius 3 is 2.53 bits per heavy atom. The number of nitrogens with one attached hydrogen (secondary N) is 2. The molecule has 96 valence electrons.